The summed E-state index contributed by atoms with van der Waals surface area (Å²) in [6.07, 6.45) is 1.67. The van der Waals surface area contributed by atoms with Crippen molar-refractivity contribution in [3.05, 3.63) is 54.2 Å². The number of carbonyl (C=O) groups is 11. The number of aromatic amines is 2. The zero-order valence-electron chi connectivity index (χ0n) is 44.4. The van der Waals surface area contributed by atoms with Crippen LogP contribution in [0.4, 0.5) is 0 Å². The van der Waals surface area contributed by atoms with Crippen LogP contribution in [0.15, 0.2) is 48.0 Å². The molecule has 0 unspecified atom stereocenters. The number of para-hydroxylation sites is 1. The number of aliphatic hydroxyl groups is 1. The van der Waals surface area contributed by atoms with E-state index in [2.05, 4.69) is 62.5 Å². The van der Waals surface area contributed by atoms with Gasteiger partial charge in [-0.25, -0.2) is 9.78 Å². The van der Waals surface area contributed by atoms with Crippen molar-refractivity contribution in [1.82, 2.24) is 57.5 Å². The molecule has 0 aliphatic heterocycles. The van der Waals surface area contributed by atoms with Gasteiger partial charge in [0.15, 0.2) is 5.96 Å². The van der Waals surface area contributed by atoms with E-state index in [1.807, 2.05) is 0 Å². The molecule has 0 fully saturated rings. The van der Waals surface area contributed by atoms with E-state index in [0.29, 0.717) is 28.6 Å². The lowest BCUT2D eigenvalue weighted by Crippen LogP contribution is -2.62. The van der Waals surface area contributed by atoms with E-state index < -0.39 is 151 Å². The first-order chi connectivity index (χ1) is 37.2. The number of hydrogen-bond donors (Lipinski definition) is 17. The number of nitrogens with zero attached hydrogens (tertiary/aromatic N) is 2. The second-order valence-electron chi connectivity index (χ2n) is 19.4. The fourth-order valence-electron chi connectivity index (χ4n) is 7.84. The lowest BCUT2D eigenvalue weighted by atomic mass is 10.0. The molecule has 8 amide bonds. The number of nitrogens with one attached hydrogen (secondary N) is 10. The first kappa shape index (κ1) is 64.6. The Balaban J connectivity index is 1.92. The van der Waals surface area contributed by atoms with Crippen LogP contribution in [0.25, 0.3) is 10.9 Å². The van der Waals surface area contributed by atoms with Crippen LogP contribution in [0, 0.1) is 11.8 Å². The molecule has 30 heteroatoms. The van der Waals surface area contributed by atoms with Gasteiger partial charge in [-0.3, -0.25) is 52.9 Å². The van der Waals surface area contributed by atoms with Crippen molar-refractivity contribution in [1.29, 1.82) is 0 Å². The van der Waals surface area contributed by atoms with Crippen molar-refractivity contribution >= 4 is 82.0 Å². The second kappa shape index (κ2) is 31.5. The summed E-state index contributed by atoms with van der Waals surface area (Å²) in [4.78, 5) is 159. The molecule has 434 valence electrons. The lowest BCUT2D eigenvalue weighted by molar-refractivity contribution is -0.144. The Morgan fingerprint density at radius 3 is 1.78 bits per heavy atom. The van der Waals surface area contributed by atoms with Gasteiger partial charge in [-0.1, -0.05) is 45.9 Å². The van der Waals surface area contributed by atoms with Gasteiger partial charge in [-0.05, 0) is 56.1 Å². The van der Waals surface area contributed by atoms with Gasteiger partial charge in [-0.2, -0.15) is 0 Å². The maximum atomic E-state index is 14.5. The van der Waals surface area contributed by atoms with Gasteiger partial charge in [0.05, 0.1) is 25.4 Å². The summed E-state index contributed by atoms with van der Waals surface area (Å²) in [6, 6.07) is -6.90. The molecule has 0 aliphatic rings. The van der Waals surface area contributed by atoms with E-state index in [-0.39, 0.29) is 44.1 Å². The highest BCUT2D eigenvalue weighted by Gasteiger charge is 2.37. The van der Waals surface area contributed by atoms with E-state index in [1.54, 1.807) is 58.2 Å². The highest BCUT2D eigenvalue weighted by molar-refractivity contribution is 5.99. The quantitative estimate of drug-likeness (QED) is 0.0154. The molecule has 0 spiro atoms. The molecule has 1 aromatic carbocycles. The van der Waals surface area contributed by atoms with Gasteiger partial charge in [0.25, 0.3) is 0 Å². The number of rotatable bonds is 34. The predicted molar refractivity (Wildman–Crippen MR) is 281 cm³/mol. The van der Waals surface area contributed by atoms with Crippen molar-refractivity contribution in [3.63, 3.8) is 0 Å². The molecule has 0 bridgehead atoms. The molecule has 0 saturated carbocycles. The number of aliphatic imine (C=N–C) groups is 1. The molecule has 2 aromatic heterocycles. The van der Waals surface area contributed by atoms with Crippen molar-refractivity contribution in [2.75, 3.05) is 13.2 Å². The predicted octanol–water partition coefficient (Wildman–Crippen LogP) is -3.93. The van der Waals surface area contributed by atoms with E-state index in [1.165, 1.54) is 19.4 Å². The topological polar surface area (TPSA) is 500 Å². The summed E-state index contributed by atoms with van der Waals surface area (Å²) >= 11 is 0. The van der Waals surface area contributed by atoms with Crippen molar-refractivity contribution < 1.29 is 73.2 Å². The Morgan fingerprint density at radius 1 is 0.633 bits per heavy atom. The molecule has 3 aromatic rings. The number of aliphatic carboxylic acids is 3. The van der Waals surface area contributed by atoms with Crippen LogP contribution in [-0.2, 0) is 65.6 Å². The first-order valence-corrected chi connectivity index (χ1v) is 25.2. The van der Waals surface area contributed by atoms with Gasteiger partial charge in [0.1, 0.15) is 48.3 Å². The van der Waals surface area contributed by atoms with Crippen LogP contribution < -0.4 is 59.7 Å². The number of imidazole rings is 1. The number of aliphatic hydroxyl groups excluding tert-OH is 1. The van der Waals surface area contributed by atoms with E-state index in [0.717, 1.165) is 0 Å². The van der Waals surface area contributed by atoms with Gasteiger partial charge in [0, 0.05) is 54.8 Å². The Labute approximate surface area is 453 Å². The standard InChI is InChI=1S/C49H73N15O15/c1-23(2)15-35(48(78)79)62-42(72)31(12-13-37(66)67)58-45(75)34(18-38(68)69)60-43(73)32(16-26-19-55-30-11-7-6-9-28(26)30)59-44(74)33(17-27-20-53-22-56-27)61-47(77)39(24(3)4)64-46(76)36(21-65)63-40(70)25(5)57-41(71)29(50)10-8-14-54-49(51)52/h6-7,9,11,19-20,22-25,29,31-36,39,55,65H,8,10,12-18,21,50H2,1-5H3,(H,53,56)(H,57,71)(H,58,75)(H,59,74)(H,60,73)(H,61,77)(H,62,72)(H,63,70)(H,64,76)(H,66,67)(H,68,69)(H,78,79)(H4,51,52,54)/t25-,29-,31-,32-,33-,34-,35-,36-,39-/m0/s1. The summed E-state index contributed by atoms with van der Waals surface area (Å²) < 4.78 is 0. The highest BCUT2D eigenvalue weighted by atomic mass is 16.4. The third-order valence-corrected chi connectivity index (χ3v) is 12.1. The number of aromatic nitrogens is 3. The minimum absolute atomic E-state index is 0.0393. The highest BCUT2D eigenvalue weighted by Crippen LogP contribution is 2.20. The molecule has 0 radical (unpaired) electrons. The monoisotopic (exact) mass is 1110 g/mol. The van der Waals surface area contributed by atoms with Gasteiger partial charge < -0.3 is 90.1 Å². The molecule has 79 heavy (non-hydrogen) atoms. The molecule has 30 nitrogen and oxygen atoms in total. The Bertz CT molecular complexity index is 2640. The van der Waals surface area contributed by atoms with Crippen LogP contribution >= 0.6 is 0 Å². The first-order valence-electron chi connectivity index (χ1n) is 25.2. The van der Waals surface area contributed by atoms with Crippen LogP contribution in [-0.4, -0.2) is 174 Å². The van der Waals surface area contributed by atoms with Crippen LogP contribution in [0.1, 0.15) is 84.4 Å². The Morgan fingerprint density at radius 2 is 1.20 bits per heavy atom. The van der Waals surface area contributed by atoms with Crippen molar-refractivity contribution in [3.8, 4) is 0 Å². The fraction of sp³-hybridized carbons (Fsp3) is 0.531. The molecule has 9 atom stereocenters. The van der Waals surface area contributed by atoms with Crippen LogP contribution in [0.3, 0.4) is 0 Å². The average Bonchev–Trinajstić information content (AvgIpc) is 4.07. The largest absolute Gasteiger partial charge is 0.481 e. The van der Waals surface area contributed by atoms with Gasteiger partial charge >= 0.3 is 17.9 Å². The minimum Gasteiger partial charge on any atom is -0.481 e. The molecule has 0 saturated heterocycles. The van der Waals surface area contributed by atoms with E-state index >= 15 is 0 Å². The number of benzene rings is 1. The third-order valence-electron chi connectivity index (χ3n) is 12.1. The summed E-state index contributed by atoms with van der Waals surface area (Å²) in [5.74, 6) is -13.6. The van der Waals surface area contributed by atoms with Crippen molar-refractivity contribution in [2.24, 2.45) is 34.0 Å². The number of amides is 8. The smallest absolute Gasteiger partial charge is 0.326 e. The molecule has 20 N–H and O–H groups in total. The lowest BCUT2D eigenvalue weighted by Gasteiger charge is -2.28. The number of carbonyl (C=O) groups excluding carboxylic acids is 8. The van der Waals surface area contributed by atoms with Crippen LogP contribution in [0.2, 0.25) is 0 Å². The zero-order chi connectivity index (χ0) is 59.1. The molecular formula is C49H73N15O15. The number of hydrogen-bond acceptors (Lipinski definition) is 15. The van der Waals surface area contributed by atoms with E-state index in [4.69, 9.17) is 17.2 Å². The van der Waals surface area contributed by atoms with Gasteiger partial charge in [-0.15, -0.1) is 0 Å². The fourth-order valence-corrected chi connectivity index (χ4v) is 7.84. The number of carboxylic acid groups (broad SMARTS) is 3. The minimum atomic E-state index is -1.99. The summed E-state index contributed by atoms with van der Waals surface area (Å²) in [6.45, 7) is 7.03. The van der Waals surface area contributed by atoms with Crippen molar-refractivity contribution in [2.45, 2.75) is 140 Å². The zero-order valence-corrected chi connectivity index (χ0v) is 44.4. The van der Waals surface area contributed by atoms with Crippen LogP contribution in [0.5, 0.6) is 0 Å². The normalized spacial score (nSPS) is 14.6. The maximum absolute atomic E-state index is 14.5. The molecule has 2 heterocycles. The summed E-state index contributed by atoms with van der Waals surface area (Å²) in [5.41, 5.74) is 17.9. The molecule has 3 rings (SSSR count). The Kier molecular flexibility index (Phi) is 25.8. The summed E-state index contributed by atoms with van der Waals surface area (Å²) in [5, 5.41) is 59.0. The maximum Gasteiger partial charge on any atom is 0.326 e. The third kappa shape index (κ3) is 21.7. The number of H-pyrrole nitrogens is 2. The van der Waals surface area contributed by atoms with E-state index in [9.17, 15) is 73.2 Å². The SMILES string of the molecule is CC(C)C[C@H](NC(=O)[C@H](CCC(=O)O)NC(=O)[C@H](CC(=O)O)NC(=O)[C@H](Cc1c[nH]c2ccccc12)NC(=O)[C@H](Cc1cnc[nH]1)NC(=O)[C@@H](NC(=O)[C@H](CO)NC(=O)[C@H](C)NC(=O)[C@@H](N)CCCN=C(N)N)C(C)C)C(=O)O. The average molecular weight is 1110 g/mol. The Hall–Kier alpha value is -8.67. The molecular weight excluding hydrogens is 1040 g/mol. The number of carboxylic acids is 3. The van der Waals surface area contributed by atoms with Gasteiger partial charge in [0.2, 0.25) is 47.3 Å². The summed E-state index contributed by atoms with van der Waals surface area (Å²) in [7, 11) is 0. The number of guanidine groups is 1. The second-order valence-corrected chi connectivity index (χ2v) is 19.4. The number of nitrogens with two attached hydrogens (primary N) is 3. The molecule has 0 aliphatic carbocycles. The number of fused-ring (bicyclic) bond motifs is 1.